The Morgan fingerprint density at radius 2 is 2.25 bits per heavy atom. The van der Waals surface area contributed by atoms with Crippen molar-refractivity contribution in [1.82, 2.24) is 14.5 Å². The summed E-state index contributed by atoms with van der Waals surface area (Å²) in [6.07, 6.45) is 4.73. The Morgan fingerprint density at radius 3 is 2.81 bits per heavy atom. The molecule has 0 spiro atoms. The van der Waals surface area contributed by atoms with Crippen LogP contribution in [0, 0.1) is 0 Å². The van der Waals surface area contributed by atoms with Crippen LogP contribution in [0.4, 0.5) is 0 Å². The van der Waals surface area contributed by atoms with E-state index in [1.54, 1.807) is 24.1 Å². The molecule has 0 bridgehead atoms. The quantitative estimate of drug-likeness (QED) is 0.587. The van der Waals surface area contributed by atoms with Gasteiger partial charge < -0.3 is 0 Å². The molecule has 1 N–H and O–H groups in total. The van der Waals surface area contributed by atoms with Crippen LogP contribution in [0.15, 0.2) is 12.4 Å². The lowest BCUT2D eigenvalue weighted by atomic mass is 10.4. The third-order valence-corrected chi connectivity index (χ3v) is 3.73. The zero-order chi connectivity index (χ0) is 12.0. The minimum absolute atomic E-state index is 0.125. The van der Waals surface area contributed by atoms with Crippen LogP contribution in [0.3, 0.4) is 0 Å². The van der Waals surface area contributed by atoms with Gasteiger partial charge in [0.1, 0.15) is 0 Å². The van der Waals surface area contributed by atoms with Gasteiger partial charge in [-0.05, 0) is 12.8 Å². The molecule has 0 saturated heterocycles. The van der Waals surface area contributed by atoms with Crippen LogP contribution in [-0.4, -0.2) is 29.8 Å². The molecule has 0 radical (unpaired) electrons. The Balaban J connectivity index is 2.36. The van der Waals surface area contributed by atoms with Crippen molar-refractivity contribution in [1.29, 1.82) is 0 Å². The van der Waals surface area contributed by atoms with E-state index < -0.39 is 10.0 Å². The van der Waals surface area contributed by atoms with Crippen molar-refractivity contribution < 1.29 is 8.42 Å². The molecule has 0 fully saturated rings. The standard InChI is InChI=1S/C9H16ClN3O2S/c1-13-8-9(6-11-13)7-12-16(14,15)5-3-2-4-10/h6,8,12H,2-5,7H2,1H3. The SMILES string of the molecule is Cn1cc(CNS(=O)(=O)CCCCCl)cn1. The summed E-state index contributed by atoms with van der Waals surface area (Å²) in [6.45, 7) is 0.289. The molecule has 1 heterocycles. The summed E-state index contributed by atoms with van der Waals surface area (Å²) >= 11 is 5.48. The monoisotopic (exact) mass is 265 g/mol. The van der Waals surface area contributed by atoms with Gasteiger partial charge in [0, 0.05) is 31.2 Å². The predicted octanol–water partition coefficient (Wildman–Crippen LogP) is 0.858. The normalized spacial score (nSPS) is 11.9. The Hall–Kier alpha value is -0.590. The molecule has 0 unspecified atom stereocenters. The van der Waals surface area contributed by atoms with Crippen molar-refractivity contribution in [3.8, 4) is 0 Å². The first-order valence-corrected chi connectivity index (χ1v) is 7.23. The number of hydrogen-bond acceptors (Lipinski definition) is 3. The fraction of sp³-hybridized carbons (Fsp3) is 0.667. The van der Waals surface area contributed by atoms with Gasteiger partial charge in [-0.3, -0.25) is 4.68 Å². The zero-order valence-electron chi connectivity index (χ0n) is 9.19. The van der Waals surface area contributed by atoms with Crippen LogP contribution in [0.5, 0.6) is 0 Å². The second kappa shape index (κ2) is 6.22. The molecule has 0 aliphatic rings. The van der Waals surface area contributed by atoms with Gasteiger partial charge in [-0.15, -0.1) is 11.6 Å². The van der Waals surface area contributed by atoms with E-state index >= 15 is 0 Å². The van der Waals surface area contributed by atoms with E-state index in [-0.39, 0.29) is 12.3 Å². The van der Waals surface area contributed by atoms with Gasteiger partial charge in [0.2, 0.25) is 10.0 Å². The fourth-order valence-electron chi connectivity index (χ4n) is 1.22. The maximum atomic E-state index is 11.5. The summed E-state index contributed by atoms with van der Waals surface area (Å²) in [4.78, 5) is 0. The van der Waals surface area contributed by atoms with Crippen LogP contribution in [0.2, 0.25) is 0 Å². The summed E-state index contributed by atoms with van der Waals surface area (Å²) in [5, 5.41) is 3.96. The number of aryl methyl sites for hydroxylation is 1. The average molecular weight is 266 g/mol. The van der Waals surface area contributed by atoms with E-state index in [2.05, 4.69) is 9.82 Å². The molecule has 0 aromatic carbocycles. The summed E-state index contributed by atoms with van der Waals surface area (Å²) in [5.74, 6) is 0.623. The van der Waals surface area contributed by atoms with Gasteiger partial charge in [-0.2, -0.15) is 5.10 Å². The number of nitrogens with one attached hydrogen (secondary N) is 1. The minimum Gasteiger partial charge on any atom is -0.275 e. The maximum absolute atomic E-state index is 11.5. The number of aromatic nitrogens is 2. The van der Waals surface area contributed by atoms with Crippen LogP contribution in [-0.2, 0) is 23.6 Å². The maximum Gasteiger partial charge on any atom is 0.211 e. The number of hydrogen-bond donors (Lipinski definition) is 1. The van der Waals surface area contributed by atoms with Crippen molar-refractivity contribution in [3.63, 3.8) is 0 Å². The highest BCUT2D eigenvalue weighted by atomic mass is 35.5. The summed E-state index contributed by atoms with van der Waals surface area (Å²) < 4.78 is 27.2. The molecule has 1 aromatic rings. The molecule has 1 rings (SSSR count). The smallest absolute Gasteiger partial charge is 0.211 e. The second-order valence-electron chi connectivity index (χ2n) is 3.56. The first-order valence-electron chi connectivity index (χ1n) is 5.04. The molecule has 16 heavy (non-hydrogen) atoms. The first kappa shape index (κ1) is 13.5. The molecule has 0 aliphatic carbocycles. The summed E-state index contributed by atoms with van der Waals surface area (Å²) in [6, 6.07) is 0. The third-order valence-electron chi connectivity index (χ3n) is 2.05. The number of nitrogens with zero attached hydrogens (tertiary/aromatic N) is 2. The Kier molecular flexibility index (Phi) is 5.24. The molecule has 1 aromatic heterocycles. The number of rotatable bonds is 7. The van der Waals surface area contributed by atoms with Crippen molar-refractivity contribution in [2.45, 2.75) is 19.4 Å². The first-order chi connectivity index (χ1) is 7.53. The molecule has 92 valence electrons. The summed E-state index contributed by atoms with van der Waals surface area (Å²) in [7, 11) is -1.40. The van der Waals surface area contributed by atoms with Gasteiger partial charge >= 0.3 is 0 Å². The molecule has 0 atom stereocenters. The minimum atomic E-state index is -3.19. The number of sulfonamides is 1. The molecule has 5 nitrogen and oxygen atoms in total. The van der Waals surface area contributed by atoms with E-state index in [9.17, 15) is 8.42 Å². The van der Waals surface area contributed by atoms with Gasteiger partial charge in [0.25, 0.3) is 0 Å². The number of unbranched alkanes of at least 4 members (excludes halogenated alkanes) is 1. The highest BCUT2D eigenvalue weighted by molar-refractivity contribution is 7.89. The Labute approximate surface area is 101 Å². The number of halogens is 1. The zero-order valence-corrected chi connectivity index (χ0v) is 10.8. The Bertz CT molecular complexity index is 416. The fourth-order valence-corrected chi connectivity index (χ4v) is 2.52. The molecule has 0 aliphatic heterocycles. The van der Waals surface area contributed by atoms with E-state index in [0.29, 0.717) is 12.3 Å². The molecule has 0 amide bonds. The topological polar surface area (TPSA) is 64.0 Å². The van der Waals surface area contributed by atoms with E-state index in [4.69, 9.17) is 11.6 Å². The molecule has 0 saturated carbocycles. The van der Waals surface area contributed by atoms with Crippen LogP contribution >= 0.6 is 11.6 Å². The predicted molar refractivity (Wildman–Crippen MR) is 63.8 cm³/mol. The van der Waals surface area contributed by atoms with Crippen LogP contribution in [0.1, 0.15) is 18.4 Å². The molecular weight excluding hydrogens is 250 g/mol. The number of alkyl halides is 1. The van der Waals surface area contributed by atoms with Gasteiger partial charge in [0.05, 0.1) is 11.9 Å². The highest BCUT2D eigenvalue weighted by Crippen LogP contribution is 2.00. The van der Waals surface area contributed by atoms with E-state index in [1.165, 1.54) is 0 Å². The van der Waals surface area contributed by atoms with E-state index in [1.807, 2.05) is 0 Å². The molecular formula is C9H16ClN3O2S. The van der Waals surface area contributed by atoms with Crippen molar-refractivity contribution >= 4 is 21.6 Å². The highest BCUT2D eigenvalue weighted by Gasteiger charge is 2.09. The van der Waals surface area contributed by atoms with Gasteiger partial charge in [-0.25, -0.2) is 13.1 Å². The van der Waals surface area contributed by atoms with Gasteiger partial charge in [0.15, 0.2) is 0 Å². The van der Waals surface area contributed by atoms with Crippen LogP contribution < -0.4 is 4.72 Å². The average Bonchev–Trinajstić information content (AvgIpc) is 2.62. The van der Waals surface area contributed by atoms with Crippen molar-refractivity contribution in [2.75, 3.05) is 11.6 Å². The second-order valence-corrected chi connectivity index (χ2v) is 5.86. The lowest BCUT2D eigenvalue weighted by Gasteiger charge is -2.04. The van der Waals surface area contributed by atoms with Crippen molar-refractivity contribution in [2.24, 2.45) is 7.05 Å². The van der Waals surface area contributed by atoms with Crippen molar-refractivity contribution in [3.05, 3.63) is 18.0 Å². The van der Waals surface area contributed by atoms with E-state index in [0.717, 1.165) is 12.0 Å². The lowest BCUT2D eigenvalue weighted by molar-refractivity contribution is 0.578. The lowest BCUT2D eigenvalue weighted by Crippen LogP contribution is -2.25. The molecule has 7 heteroatoms. The third kappa shape index (κ3) is 4.96. The summed E-state index contributed by atoms with van der Waals surface area (Å²) in [5.41, 5.74) is 0.850. The van der Waals surface area contributed by atoms with Gasteiger partial charge in [-0.1, -0.05) is 0 Å². The Morgan fingerprint density at radius 1 is 1.50 bits per heavy atom. The largest absolute Gasteiger partial charge is 0.275 e. The van der Waals surface area contributed by atoms with Crippen LogP contribution in [0.25, 0.3) is 0 Å².